The van der Waals surface area contributed by atoms with Gasteiger partial charge in [0.2, 0.25) is 0 Å². The molecule has 5 heterocycles. The predicted molar refractivity (Wildman–Crippen MR) is 124 cm³/mol. The molecule has 1 saturated carbocycles. The molecule has 2 saturated heterocycles. The zero-order valence-electron chi connectivity index (χ0n) is 19.2. The van der Waals surface area contributed by atoms with Gasteiger partial charge < -0.3 is 14.5 Å². The molecule has 35 heavy (non-hydrogen) atoms. The highest BCUT2D eigenvalue weighted by Crippen LogP contribution is 2.45. The number of likely N-dealkylation sites (tertiary alicyclic amines) is 1. The number of pyridine rings is 1. The number of H-pyrrole nitrogens is 1. The van der Waals surface area contributed by atoms with Crippen molar-refractivity contribution in [2.75, 3.05) is 37.7 Å². The van der Waals surface area contributed by atoms with Crippen molar-refractivity contribution < 1.29 is 13.9 Å². The molecule has 0 unspecified atom stereocenters. The highest BCUT2D eigenvalue weighted by Gasteiger charge is 2.44. The topological polar surface area (TPSA) is 124 Å². The smallest absolute Gasteiger partial charge is 0.319 e. The molecule has 1 N–H and O–H groups in total. The van der Waals surface area contributed by atoms with Gasteiger partial charge in [0.05, 0.1) is 30.3 Å². The van der Waals surface area contributed by atoms with Gasteiger partial charge in [0.1, 0.15) is 24.3 Å². The minimum Gasteiger partial charge on any atom is -0.462 e. The molecule has 0 atom stereocenters. The maximum atomic E-state index is 13.3. The molecule has 2 aliphatic heterocycles. The van der Waals surface area contributed by atoms with Gasteiger partial charge in [-0.05, 0) is 37.8 Å². The first-order valence-electron chi connectivity index (χ1n) is 11.9. The molecule has 180 valence electrons. The van der Waals surface area contributed by atoms with Crippen LogP contribution in [0.3, 0.4) is 0 Å². The monoisotopic (exact) mass is 476 g/mol. The van der Waals surface area contributed by atoms with E-state index in [4.69, 9.17) is 4.74 Å². The van der Waals surface area contributed by atoms with Gasteiger partial charge in [-0.15, -0.1) is 0 Å². The second kappa shape index (κ2) is 8.45. The number of carbonyl (C=O) groups excluding carboxylic acids is 1. The molecule has 3 fully saturated rings. The van der Waals surface area contributed by atoms with Crippen molar-refractivity contribution in [3.8, 4) is 12.1 Å². The quantitative estimate of drug-likeness (QED) is 0.576. The predicted octanol–water partition coefficient (Wildman–Crippen LogP) is 2.61. The van der Waals surface area contributed by atoms with Gasteiger partial charge in [-0.2, -0.15) is 20.3 Å². The molecular formula is C24H25FN8O2. The summed E-state index contributed by atoms with van der Waals surface area (Å²) in [5, 5.41) is 17.9. The number of fused-ring (bicyclic) bond motifs is 1. The number of carbonyl (C=O) groups is 1. The number of hydrogen-bond acceptors (Lipinski definition) is 8. The lowest BCUT2D eigenvalue weighted by molar-refractivity contribution is 0.0393. The molecule has 6 rings (SSSR count). The van der Waals surface area contributed by atoms with Gasteiger partial charge in [0.15, 0.2) is 5.65 Å². The third-order valence-corrected chi connectivity index (χ3v) is 7.18. The first kappa shape index (κ1) is 21.7. The van der Waals surface area contributed by atoms with Crippen LogP contribution in [0.1, 0.15) is 47.8 Å². The fraction of sp³-hybridized carbons (Fsp3) is 0.500. The average molecular weight is 477 g/mol. The zero-order chi connectivity index (χ0) is 24.0. The Kier molecular flexibility index (Phi) is 5.24. The summed E-state index contributed by atoms with van der Waals surface area (Å²) in [5.41, 5.74) is 1.52. The summed E-state index contributed by atoms with van der Waals surface area (Å²) in [4.78, 5) is 29.6. The van der Waals surface area contributed by atoms with Crippen molar-refractivity contribution in [3.05, 3.63) is 35.8 Å². The third-order valence-electron chi connectivity index (χ3n) is 7.18. The molecule has 0 aromatic carbocycles. The molecule has 3 aromatic rings. The van der Waals surface area contributed by atoms with Crippen molar-refractivity contribution in [1.82, 2.24) is 30.0 Å². The standard InChI is InChI=1S/C24H25FN8O2/c25-16-11-33(12-16)22(34)18-10-19(29-23(28-18)35-14-24(13-26)5-6-24)32-8-3-15(4-9-32)20-17-2-1-7-27-21(17)31-30-20/h1-2,7,10,15-16H,3-6,8-9,11-12,14H2,(H,27,30,31). The van der Waals surface area contributed by atoms with Gasteiger partial charge in [-0.3, -0.25) is 9.89 Å². The lowest BCUT2D eigenvalue weighted by Crippen LogP contribution is -2.51. The summed E-state index contributed by atoms with van der Waals surface area (Å²) in [6.07, 6.45) is 4.05. The number of aromatic amines is 1. The SMILES string of the molecule is N#CC1(COc2nc(C(=O)N3CC(F)C3)cc(N3CCC(c4n[nH]c5ncccc45)CC3)n2)CC1. The number of anilines is 1. The highest BCUT2D eigenvalue weighted by molar-refractivity contribution is 5.93. The molecule has 11 heteroatoms. The minimum absolute atomic E-state index is 0.0732. The second-order valence-corrected chi connectivity index (χ2v) is 9.65. The number of aromatic nitrogens is 5. The molecule has 0 spiro atoms. The third kappa shape index (κ3) is 4.13. The van der Waals surface area contributed by atoms with Crippen LogP contribution < -0.4 is 9.64 Å². The van der Waals surface area contributed by atoms with Crippen molar-refractivity contribution in [2.24, 2.45) is 5.41 Å². The largest absolute Gasteiger partial charge is 0.462 e. The Hall–Kier alpha value is -3.81. The van der Waals surface area contributed by atoms with Crippen LogP contribution in [0.2, 0.25) is 0 Å². The van der Waals surface area contributed by atoms with E-state index in [1.54, 1.807) is 12.3 Å². The van der Waals surface area contributed by atoms with E-state index in [0.29, 0.717) is 5.82 Å². The highest BCUT2D eigenvalue weighted by atomic mass is 19.1. The number of rotatable bonds is 6. The van der Waals surface area contributed by atoms with Crippen molar-refractivity contribution in [1.29, 1.82) is 5.26 Å². The number of nitrogens with zero attached hydrogens (tertiary/aromatic N) is 7. The molecule has 10 nitrogen and oxygen atoms in total. The number of piperidine rings is 1. The van der Waals surface area contributed by atoms with E-state index < -0.39 is 11.6 Å². The van der Waals surface area contributed by atoms with E-state index in [1.165, 1.54) is 4.90 Å². The van der Waals surface area contributed by atoms with Gasteiger partial charge in [-0.25, -0.2) is 9.37 Å². The van der Waals surface area contributed by atoms with Crippen molar-refractivity contribution in [3.63, 3.8) is 0 Å². The van der Waals surface area contributed by atoms with Gasteiger partial charge in [0, 0.05) is 36.7 Å². The second-order valence-electron chi connectivity index (χ2n) is 9.65. The Bertz CT molecular complexity index is 1300. The Morgan fingerprint density at radius 1 is 1.29 bits per heavy atom. The lowest BCUT2D eigenvalue weighted by atomic mass is 9.92. The first-order chi connectivity index (χ1) is 17.0. The number of halogens is 1. The van der Waals surface area contributed by atoms with Gasteiger partial charge in [-0.1, -0.05) is 0 Å². The maximum absolute atomic E-state index is 13.3. The van der Waals surface area contributed by atoms with Crippen molar-refractivity contribution in [2.45, 2.75) is 37.8 Å². The molecule has 1 amide bonds. The van der Waals surface area contributed by atoms with E-state index in [-0.39, 0.29) is 43.2 Å². The van der Waals surface area contributed by atoms with Gasteiger partial charge in [0.25, 0.3) is 5.91 Å². The van der Waals surface area contributed by atoms with Crippen LogP contribution in [0, 0.1) is 16.7 Å². The number of alkyl halides is 1. The lowest BCUT2D eigenvalue weighted by Gasteiger charge is -2.35. The molecule has 0 bridgehead atoms. The normalized spacial score (nSPS) is 19.9. The molecule has 1 aliphatic carbocycles. The summed E-state index contributed by atoms with van der Waals surface area (Å²) < 4.78 is 19.1. The van der Waals surface area contributed by atoms with E-state index >= 15 is 0 Å². The van der Waals surface area contributed by atoms with Crippen LogP contribution in [0.25, 0.3) is 11.0 Å². The first-order valence-corrected chi connectivity index (χ1v) is 11.9. The Labute approximate surface area is 201 Å². The summed E-state index contributed by atoms with van der Waals surface area (Å²) in [5.74, 6) is 0.555. The van der Waals surface area contributed by atoms with Crippen LogP contribution in [-0.2, 0) is 0 Å². The summed E-state index contributed by atoms with van der Waals surface area (Å²) in [6.45, 7) is 1.79. The maximum Gasteiger partial charge on any atom is 0.319 e. The van der Waals surface area contributed by atoms with E-state index in [9.17, 15) is 14.4 Å². The number of nitrogens with one attached hydrogen (secondary N) is 1. The van der Waals surface area contributed by atoms with Crippen molar-refractivity contribution >= 4 is 22.8 Å². The van der Waals surface area contributed by atoms with Crippen LogP contribution >= 0.6 is 0 Å². The van der Waals surface area contributed by atoms with Crippen LogP contribution in [0.5, 0.6) is 6.01 Å². The Morgan fingerprint density at radius 2 is 2.09 bits per heavy atom. The summed E-state index contributed by atoms with van der Waals surface area (Å²) in [7, 11) is 0. The fourth-order valence-corrected chi connectivity index (χ4v) is 4.71. The molecular weight excluding hydrogens is 451 g/mol. The average Bonchev–Trinajstić information content (AvgIpc) is 3.54. The molecule has 3 aromatic heterocycles. The molecule has 0 radical (unpaired) electrons. The number of nitriles is 1. The number of ether oxygens (including phenoxy) is 1. The van der Waals surface area contributed by atoms with E-state index in [1.807, 2.05) is 12.1 Å². The summed E-state index contributed by atoms with van der Waals surface area (Å²) in [6, 6.07) is 7.98. The fourth-order valence-electron chi connectivity index (χ4n) is 4.71. The Balaban J connectivity index is 1.21. The van der Waals surface area contributed by atoms with Gasteiger partial charge >= 0.3 is 6.01 Å². The zero-order valence-corrected chi connectivity index (χ0v) is 19.2. The Morgan fingerprint density at radius 3 is 2.80 bits per heavy atom. The minimum atomic E-state index is -0.992. The van der Waals surface area contributed by atoms with E-state index in [2.05, 4.69) is 36.1 Å². The van der Waals surface area contributed by atoms with Crippen LogP contribution in [0.15, 0.2) is 24.4 Å². The van der Waals surface area contributed by atoms with E-state index in [0.717, 1.165) is 55.5 Å². The molecule has 3 aliphatic rings. The summed E-state index contributed by atoms with van der Waals surface area (Å²) >= 11 is 0. The number of hydrogen-bond donors (Lipinski definition) is 1. The van der Waals surface area contributed by atoms with Crippen LogP contribution in [-0.4, -0.2) is 74.9 Å². The van der Waals surface area contributed by atoms with Crippen LogP contribution in [0.4, 0.5) is 10.2 Å². The number of amides is 1.